The summed E-state index contributed by atoms with van der Waals surface area (Å²) in [6, 6.07) is 1.96. The summed E-state index contributed by atoms with van der Waals surface area (Å²) in [6.45, 7) is 2.72. The normalized spacial score (nSPS) is 17.1. The van der Waals surface area contributed by atoms with Gasteiger partial charge in [-0.25, -0.2) is 0 Å². The second kappa shape index (κ2) is 4.37. The van der Waals surface area contributed by atoms with E-state index in [2.05, 4.69) is 15.1 Å². The Balaban J connectivity index is 2.20. The summed E-state index contributed by atoms with van der Waals surface area (Å²) in [4.78, 5) is 2.29. The molecule has 76 valence electrons. The maximum absolute atomic E-state index is 5.66. The van der Waals surface area contributed by atoms with Gasteiger partial charge in [-0.15, -0.1) is 5.10 Å². The van der Waals surface area contributed by atoms with Crippen molar-refractivity contribution in [2.24, 2.45) is 5.73 Å². The molecule has 1 aliphatic rings. The van der Waals surface area contributed by atoms with E-state index in [0.717, 1.165) is 24.5 Å². The van der Waals surface area contributed by atoms with Crippen LogP contribution in [-0.2, 0) is 6.54 Å². The molecule has 1 fully saturated rings. The Labute approximate surface area is 84.1 Å². The topological polar surface area (TPSA) is 55.0 Å². The molecule has 0 aromatic carbocycles. The Morgan fingerprint density at radius 2 is 2.07 bits per heavy atom. The lowest BCUT2D eigenvalue weighted by atomic mass is 10.1. The van der Waals surface area contributed by atoms with Crippen molar-refractivity contribution in [1.82, 2.24) is 10.2 Å². The molecule has 0 saturated carbocycles. The fourth-order valence-electron chi connectivity index (χ4n) is 1.88. The average Bonchev–Trinajstić information content (AvgIpc) is 2.30. The van der Waals surface area contributed by atoms with Crippen LogP contribution in [0.4, 0.5) is 5.82 Å². The Bertz CT molecular complexity index is 294. The molecule has 1 aromatic rings. The number of hydrogen-bond donors (Lipinski definition) is 1. The molecule has 2 N–H and O–H groups in total. The maximum atomic E-state index is 5.66. The number of hydrogen-bond acceptors (Lipinski definition) is 4. The van der Waals surface area contributed by atoms with Crippen molar-refractivity contribution >= 4 is 5.82 Å². The van der Waals surface area contributed by atoms with Crippen molar-refractivity contribution in [3.8, 4) is 0 Å². The van der Waals surface area contributed by atoms with Crippen molar-refractivity contribution in [2.45, 2.75) is 25.8 Å². The largest absolute Gasteiger partial charge is 0.355 e. The first-order valence-electron chi connectivity index (χ1n) is 5.17. The van der Waals surface area contributed by atoms with Crippen molar-refractivity contribution < 1.29 is 0 Å². The van der Waals surface area contributed by atoms with Gasteiger partial charge in [-0.05, 0) is 25.3 Å². The second-order valence-electron chi connectivity index (χ2n) is 3.63. The fourth-order valence-corrected chi connectivity index (χ4v) is 1.88. The highest BCUT2D eigenvalue weighted by atomic mass is 15.3. The predicted octanol–water partition coefficient (Wildman–Crippen LogP) is 0.926. The lowest BCUT2D eigenvalue weighted by molar-refractivity contribution is 0.569. The number of anilines is 1. The van der Waals surface area contributed by atoms with E-state index in [0.29, 0.717) is 6.54 Å². The molecule has 1 saturated heterocycles. The lowest BCUT2D eigenvalue weighted by Crippen LogP contribution is -2.31. The van der Waals surface area contributed by atoms with Crippen LogP contribution in [0.2, 0.25) is 0 Å². The zero-order valence-corrected chi connectivity index (χ0v) is 8.32. The Morgan fingerprint density at radius 3 is 2.79 bits per heavy atom. The molecule has 0 spiro atoms. The summed E-state index contributed by atoms with van der Waals surface area (Å²) < 4.78 is 0. The first-order chi connectivity index (χ1) is 6.92. The average molecular weight is 192 g/mol. The maximum Gasteiger partial charge on any atom is 0.155 e. The summed E-state index contributed by atoms with van der Waals surface area (Å²) in [7, 11) is 0. The number of nitrogens with zero attached hydrogens (tertiary/aromatic N) is 3. The molecule has 14 heavy (non-hydrogen) atoms. The number of aromatic nitrogens is 2. The van der Waals surface area contributed by atoms with E-state index in [4.69, 9.17) is 5.73 Å². The van der Waals surface area contributed by atoms with Gasteiger partial charge in [-0.2, -0.15) is 5.10 Å². The highest BCUT2D eigenvalue weighted by Gasteiger charge is 2.14. The summed E-state index contributed by atoms with van der Waals surface area (Å²) in [5.41, 5.74) is 6.76. The molecule has 2 heterocycles. The molecular weight excluding hydrogens is 176 g/mol. The number of rotatable bonds is 2. The van der Waals surface area contributed by atoms with E-state index in [-0.39, 0.29) is 0 Å². The monoisotopic (exact) mass is 192 g/mol. The van der Waals surface area contributed by atoms with Crippen LogP contribution in [0.3, 0.4) is 0 Å². The van der Waals surface area contributed by atoms with Gasteiger partial charge >= 0.3 is 0 Å². The molecule has 0 bridgehead atoms. The van der Waals surface area contributed by atoms with Crippen molar-refractivity contribution in [3.05, 3.63) is 17.8 Å². The number of piperidine rings is 1. The third kappa shape index (κ3) is 1.85. The van der Waals surface area contributed by atoms with Crippen LogP contribution in [0.15, 0.2) is 12.3 Å². The standard InChI is InChI=1S/C10H16N4/c11-8-9-4-5-12-13-10(9)14-6-2-1-3-7-14/h4-5H,1-3,6-8,11H2. The SMILES string of the molecule is NCc1ccnnc1N1CCCCC1. The van der Waals surface area contributed by atoms with Gasteiger partial charge in [0.15, 0.2) is 5.82 Å². The molecule has 0 radical (unpaired) electrons. The van der Waals surface area contributed by atoms with Crippen LogP contribution in [0.25, 0.3) is 0 Å². The van der Waals surface area contributed by atoms with Gasteiger partial charge in [0.25, 0.3) is 0 Å². The van der Waals surface area contributed by atoms with Crippen LogP contribution in [0.5, 0.6) is 0 Å². The summed E-state index contributed by atoms with van der Waals surface area (Å²) in [5.74, 6) is 0.981. The van der Waals surface area contributed by atoms with Crippen molar-refractivity contribution in [1.29, 1.82) is 0 Å². The molecule has 2 rings (SSSR count). The molecule has 1 aliphatic heterocycles. The van der Waals surface area contributed by atoms with Gasteiger partial charge in [0.2, 0.25) is 0 Å². The quantitative estimate of drug-likeness (QED) is 0.757. The minimum atomic E-state index is 0.543. The molecule has 0 atom stereocenters. The van der Waals surface area contributed by atoms with Gasteiger partial charge in [0.05, 0.1) is 6.20 Å². The molecule has 0 unspecified atom stereocenters. The molecule has 4 heteroatoms. The first kappa shape index (κ1) is 9.40. The van der Waals surface area contributed by atoms with Crippen LogP contribution < -0.4 is 10.6 Å². The summed E-state index contributed by atoms with van der Waals surface area (Å²) in [5, 5.41) is 8.09. The van der Waals surface area contributed by atoms with Gasteiger partial charge in [0, 0.05) is 25.2 Å². The molecule has 1 aromatic heterocycles. The van der Waals surface area contributed by atoms with Gasteiger partial charge in [-0.3, -0.25) is 0 Å². The van der Waals surface area contributed by atoms with E-state index in [1.54, 1.807) is 6.20 Å². The third-order valence-corrected chi connectivity index (χ3v) is 2.66. The van der Waals surface area contributed by atoms with Crippen molar-refractivity contribution in [3.63, 3.8) is 0 Å². The Morgan fingerprint density at radius 1 is 1.29 bits per heavy atom. The van der Waals surface area contributed by atoms with Crippen LogP contribution in [0.1, 0.15) is 24.8 Å². The molecular formula is C10H16N4. The van der Waals surface area contributed by atoms with Gasteiger partial charge < -0.3 is 10.6 Å². The highest BCUT2D eigenvalue weighted by Crippen LogP contribution is 2.20. The first-order valence-corrected chi connectivity index (χ1v) is 5.17. The molecule has 0 amide bonds. The van der Waals surface area contributed by atoms with Crippen LogP contribution >= 0.6 is 0 Å². The van der Waals surface area contributed by atoms with E-state index in [1.807, 2.05) is 6.07 Å². The third-order valence-electron chi connectivity index (χ3n) is 2.66. The van der Waals surface area contributed by atoms with Crippen LogP contribution in [-0.4, -0.2) is 23.3 Å². The van der Waals surface area contributed by atoms with Crippen molar-refractivity contribution in [2.75, 3.05) is 18.0 Å². The van der Waals surface area contributed by atoms with E-state index in [1.165, 1.54) is 19.3 Å². The minimum Gasteiger partial charge on any atom is -0.355 e. The second-order valence-corrected chi connectivity index (χ2v) is 3.63. The molecule has 4 nitrogen and oxygen atoms in total. The lowest BCUT2D eigenvalue weighted by Gasteiger charge is -2.28. The van der Waals surface area contributed by atoms with E-state index < -0.39 is 0 Å². The van der Waals surface area contributed by atoms with Gasteiger partial charge in [-0.1, -0.05) is 0 Å². The minimum absolute atomic E-state index is 0.543. The smallest absolute Gasteiger partial charge is 0.155 e. The zero-order chi connectivity index (χ0) is 9.80. The fraction of sp³-hybridized carbons (Fsp3) is 0.600. The number of nitrogens with two attached hydrogens (primary N) is 1. The van der Waals surface area contributed by atoms with E-state index in [9.17, 15) is 0 Å². The Hall–Kier alpha value is -1.16. The summed E-state index contributed by atoms with van der Waals surface area (Å²) >= 11 is 0. The summed E-state index contributed by atoms with van der Waals surface area (Å²) in [6.07, 6.45) is 5.53. The highest BCUT2D eigenvalue weighted by molar-refractivity contribution is 5.45. The zero-order valence-electron chi connectivity index (χ0n) is 8.32. The molecule has 0 aliphatic carbocycles. The predicted molar refractivity (Wildman–Crippen MR) is 56.0 cm³/mol. The van der Waals surface area contributed by atoms with Crippen LogP contribution in [0, 0.1) is 0 Å². The van der Waals surface area contributed by atoms with E-state index >= 15 is 0 Å². The Kier molecular flexibility index (Phi) is 2.93. The van der Waals surface area contributed by atoms with Gasteiger partial charge in [0.1, 0.15) is 0 Å².